The lowest BCUT2D eigenvalue weighted by molar-refractivity contribution is -0.137. The van der Waals surface area contributed by atoms with E-state index in [4.69, 9.17) is 4.74 Å². The molecule has 0 bridgehead atoms. The topological polar surface area (TPSA) is 75.7 Å². The Kier molecular flexibility index (Phi) is 8.18. The zero-order valence-corrected chi connectivity index (χ0v) is 23.5. The third-order valence-corrected chi connectivity index (χ3v) is 7.57. The lowest BCUT2D eigenvalue weighted by Crippen LogP contribution is -2.36. The van der Waals surface area contributed by atoms with Crippen molar-refractivity contribution in [2.45, 2.75) is 12.8 Å². The maximum atomic E-state index is 13.1. The average molecular weight is 641 g/mol. The summed E-state index contributed by atoms with van der Waals surface area (Å²) in [5.74, 6) is -1.02. The quantitative estimate of drug-likeness (QED) is 0.208. The molecular weight excluding hydrogens is 621 g/mol. The molecule has 0 spiro atoms. The Bertz CT molecular complexity index is 1700. The molecule has 1 saturated heterocycles. The maximum absolute atomic E-state index is 13.1. The minimum atomic E-state index is -4.58. The first-order chi connectivity index (χ1) is 19.6. The number of amides is 3. The Morgan fingerprint density at radius 3 is 2.54 bits per heavy atom. The van der Waals surface area contributed by atoms with Crippen LogP contribution in [-0.4, -0.2) is 28.5 Å². The number of benzene rings is 4. The van der Waals surface area contributed by atoms with Gasteiger partial charge in [-0.15, -0.1) is 0 Å². The van der Waals surface area contributed by atoms with E-state index in [1.165, 1.54) is 12.1 Å². The fraction of sp³-hybridized carbons (Fsp3) is 0.100. The van der Waals surface area contributed by atoms with Crippen molar-refractivity contribution in [1.29, 1.82) is 0 Å². The number of hydrogen-bond acceptors (Lipinski definition) is 5. The maximum Gasteiger partial charge on any atom is 0.416 e. The highest BCUT2D eigenvalue weighted by molar-refractivity contribution is 9.10. The van der Waals surface area contributed by atoms with E-state index in [-0.39, 0.29) is 17.2 Å². The molecule has 0 radical (unpaired) electrons. The van der Waals surface area contributed by atoms with Crippen molar-refractivity contribution < 1.29 is 32.3 Å². The molecule has 41 heavy (non-hydrogen) atoms. The average Bonchev–Trinajstić information content (AvgIpc) is 3.19. The van der Waals surface area contributed by atoms with Crippen molar-refractivity contribution in [2.24, 2.45) is 0 Å². The van der Waals surface area contributed by atoms with Crippen LogP contribution in [0.3, 0.4) is 0 Å². The van der Waals surface area contributed by atoms with Gasteiger partial charge in [0, 0.05) is 15.7 Å². The SMILES string of the molecule is O=C(CN1C(=O)S/C(=C\c2cc(Br)ccc2OCc2cccc3ccccc23)C1=O)Nc1cccc(C(F)(F)F)c1. The number of rotatable bonds is 7. The van der Waals surface area contributed by atoms with E-state index >= 15 is 0 Å². The molecule has 3 amide bonds. The third-order valence-electron chi connectivity index (χ3n) is 6.17. The van der Waals surface area contributed by atoms with Gasteiger partial charge in [0.2, 0.25) is 5.91 Å². The standard InChI is InChI=1S/C30H20BrF3N2O4S/c31-22-11-12-25(40-17-19-7-3-6-18-5-1-2-10-24(18)19)20(13-22)14-26-28(38)36(29(39)41-26)16-27(37)35-23-9-4-8-21(15-23)30(32,33)34/h1-15H,16-17H2,(H,35,37)/b26-14-. The number of anilines is 1. The van der Waals surface area contributed by atoms with Crippen LogP contribution in [0.25, 0.3) is 16.8 Å². The molecule has 4 aromatic carbocycles. The number of nitrogens with zero attached hydrogens (tertiary/aromatic N) is 1. The second-order valence-corrected chi connectivity index (χ2v) is 10.9. The highest BCUT2D eigenvalue weighted by Gasteiger charge is 2.37. The number of alkyl halides is 3. The van der Waals surface area contributed by atoms with Crippen molar-refractivity contribution in [2.75, 3.05) is 11.9 Å². The van der Waals surface area contributed by atoms with Gasteiger partial charge in [0.25, 0.3) is 11.1 Å². The van der Waals surface area contributed by atoms with Gasteiger partial charge in [-0.1, -0.05) is 64.5 Å². The lowest BCUT2D eigenvalue weighted by atomic mass is 10.1. The highest BCUT2D eigenvalue weighted by Crippen LogP contribution is 2.35. The van der Waals surface area contributed by atoms with Crippen LogP contribution in [0.1, 0.15) is 16.7 Å². The van der Waals surface area contributed by atoms with Gasteiger partial charge in [-0.3, -0.25) is 19.3 Å². The smallest absolute Gasteiger partial charge is 0.416 e. The molecule has 0 saturated carbocycles. The summed E-state index contributed by atoms with van der Waals surface area (Å²) in [6, 6.07) is 23.2. The summed E-state index contributed by atoms with van der Waals surface area (Å²) in [6.45, 7) is -0.387. The van der Waals surface area contributed by atoms with Crippen LogP contribution >= 0.6 is 27.7 Å². The summed E-state index contributed by atoms with van der Waals surface area (Å²) in [5, 5.41) is 3.77. The first kappa shape index (κ1) is 28.4. The number of carbonyl (C=O) groups excluding carboxylic acids is 3. The van der Waals surface area contributed by atoms with E-state index < -0.39 is 35.3 Å². The first-order valence-electron chi connectivity index (χ1n) is 12.2. The normalized spacial score (nSPS) is 14.6. The second-order valence-electron chi connectivity index (χ2n) is 9.00. The molecule has 1 N–H and O–H groups in total. The summed E-state index contributed by atoms with van der Waals surface area (Å²) in [7, 11) is 0. The van der Waals surface area contributed by atoms with Gasteiger partial charge in [0.15, 0.2) is 0 Å². The minimum absolute atomic E-state index is 0.0787. The monoisotopic (exact) mass is 640 g/mol. The van der Waals surface area contributed by atoms with E-state index in [2.05, 4.69) is 21.2 Å². The Labute approximate surface area is 245 Å². The van der Waals surface area contributed by atoms with Gasteiger partial charge in [0.1, 0.15) is 18.9 Å². The largest absolute Gasteiger partial charge is 0.488 e. The summed E-state index contributed by atoms with van der Waals surface area (Å²) in [6.07, 6.45) is -3.07. The van der Waals surface area contributed by atoms with E-state index in [0.717, 1.165) is 43.9 Å². The molecule has 1 aliphatic heterocycles. The van der Waals surface area contributed by atoms with Crippen LogP contribution in [0, 0.1) is 0 Å². The lowest BCUT2D eigenvalue weighted by Gasteiger charge is -2.14. The van der Waals surface area contributed by atoms with Gasteiger partial charge in [0.05, 0.1) is 10.5 Å². The molecular formula is C30H20BrF3N2O4S. The van der Waals surface area contributed by atoms with Crippen LogP contribution in [0.2, 0.25) is 0 Å². The van der Waals surface area contributed by atoms with Gasteiger partial charge >= 0.3 is 6.18 Å². The van der Waals surface area contributed by atoms with Gasteiger partial charge in [-0.2, -0.15) is 13.2 Å². The number of thioether (sulfide) groups is 1. The first-order valence-corrected chi connectivity index (χ1v) is 13.8. The summed E-state index contributed by atoms with van der Waals surface area (Å²) < 4.78 is 45.8. The zero-order valence-electron chi connectivity index (χ0n) is 21.1. The van der Waals surface area contributed by atoms with E-state index in [0.29, 0.717) is 23.1 Å². The number of nitrogens with one attached hydrogen (secondary N) is 1. The van der Waals surface area contributed by atoms with Gasteiger partial charge in [-0.05, 0) is 70.6 Å². The van der Waals surface area contributed by atoms with Crippen molar-refractivity contribution in [3.63, 3.8) is 0 Å². The Morgan fingerprint density at radius 2 is 1.73 bits per heavy atom. The van der Waals surface area contributed by atoms with Crippen LogP contribution in [-0.2, 0) is 22.4 Å². The molecule has 6 nitrogen and oxygen atoms in total. The Morgan fingerprint density at radius 1 is 0.976 bits per heavy atom. The number of fused-ring (bicyclic) bond motifs is 1. The molecule has 0 unspecified atom stereocenters. The minimum Gasteiger partial charge on any atom is -0.488 e. The molecule has 4 aromatic rings. The molecule has 208 valence electrons. The highest BCUT2D eigenvalue weighted by atomic mass is 79.9. The van der Waals surface area contributed by atoms with Crippen LogP contribution in [0.15, 0.2) is 94.3 Å². The number of ether oxygens (including phenoxy) is 1. The van der Waals surface area contributed by atoms with Crippen LogP contribution in [0.4, 0.5) is 23.7 Å². The van der Waals surface area contributed by atoms with Crippen LogP contribution < -0.4 is 10.1 Å². The predicted molar refractivity (Wildman–Crippen MR) is 155 cm³/mol. The molecule has 1 aliphatic rings. The molecule has 0 aliphatic carbocycles. The summed E-state index contributed by atoms with van der Waals surface area (Å²) in [4.78, 5) is 39.0. The number of carbonyl (C=O) groups is 3. The fourth-order valence-electron chi connectivity index (χ4n) is 4.23. The van der Waals surface area contributed by atoms with Crippen molar-refractivity contribution in [3.05, 3.63) is 111 Å². The van der Waals surface area contributed by atoms with Crippen molar-refractivity contribution in [1.82, 2.24) is 4.90 Å². The van der Waals surface area contributed by atoms with E-state index in [9.17, 15) is 27.6 Å². The molecule has 0 atom stereocenters. The Hall–Kier alpha value is -4.09. The number of hydrogen-bond donors (Lipinski definition) is 1. The number of imide groups is 1. The zero-order chi connectivity index (χ0) is 29.1. The van der Waals surface area contributed by atoms with E-state index in [1.54, 1.807) is 18.2 Å². The van der Waals surface area contributed by atoms with E-state index in [1.807, 2.05) is 42.5 Å². The van der Waals surface area contributed by atoms with Crippen molar-refractivity contribution in [3.8, 4) is 5.75 Å². The Balaban J connectivity index is 1.31. The molecule has 0 aromatic heterocycles. The summed E-state index contributed by atoms with van der Waals surface area (Å²) >= 11 is 4.08. The molecule has 1 heterocycles. The van der Waals surface area contributed by atoms with Gasteiger partial charge in [-0.25, -0.2) is 0 Å². The van der Waals surface area contributed by atoms with Gasteiger partial charge < -0.3 is 10.1 Å². The second kappa shape index (κ2) is 11.8. The number of halogens is 4. The molecule has 1 fully saturated rings. The van der Waals surface area contributed by atoms with Crippen LogP contribution in [0.5, 0.6) is 5.75 Å². The summed E-state index contributed by atoms with van der Waals surface area (Å²) in [5.41, 5.74) is 0.481. The molecule has 11 heteroatoms. The van der Waals surface area contributed by atoms with Crippen molar-refractivity contribution >= 4 is 67.3 Å². The fourth-order valence-corrected chi connectivity index (χ4v) is 5.44. The predicted octanol–water partition coefficient (Wildman–Crippen LogP) is 7.88. The third kappa shape index (κ3) is 6.63. The molecule has 5 rings (SSSR count).